The molecular weight excluding hydrogens is 611 g/mol. The minimum absolute atomic E-state index is 0.0699. The molecule has 0 spiro atoms. The molecule has 1 amide bonds. The molecule has 0 aromatic carbocycles. The summed E-state index contributed by atoms with van der Waals surface area (Å²) in [5.74, 6) is -0.222. The van der Waals surface area contributed by atoms with Crippen LogP contribution in [0.15, 0.2) is 48.6 Å². The van der Waals surface area contributed by atoms with E-state index in [0.717, 1.165) is 64.2 Å². The van der Waals surface area contributed by atoms with Crippen molar-refractivity contribution >= 4 is 13.7 Å². The van der Waals surface area contributed by atoms with Gasteiger partial charge in [-0.15, -0.1) is 0 Å². The van der Waals surface area contributed by atoms with E-state index >= 15 is 0 Å². The molecule has 0 bridgehead atoms. The van der Waals surface area contributed by atoms with Gasteiger partial charge in [0.05, 0.1) is 25.4 Å². The van der Waals surface area contributed by atoms with Crippen LogP contribution in [0.2, 0.25) is 0 Å². The molecule has 0 aliphatic carbocycles. The molecular formula is C38H71N2O6P. The molecule has 8 nitrogen and oxygen atoms in total. The lowest BCUT2D eigenvalue weighted by Crippen LogP contribution is -2.45. The monoisotopic (exact) mass is 683 g/mol. The third kappa shape index (κ3) is 32.8. The van der Waals surface area contributed by atoms with Gasteiger partial charge in [0.25, 0.3) is 0 Å². The number of aliphatic hydroxyl groups excluding tert-OH is 1. The smallest absolute Gasteiger partial charge is 0.387 e. The number of aliphatic hydroxyl groups is 1. The van der Waals surface area contributed by atoms with Crippen LogP contribution in [-0.2, 0) is 18.4 Å². The number of unbranched alkanes of at least 4 members (excludes halogenated alkanes) is 16. The first-order valence-electron chi connectivity index (χ1n) is 18.8. The molecule has 0 rings (SSSR count). The summed E-state index contributed by atoms with van der Waals surface area (Å²) in [6.07, 6.45) is 40.1. The van der Waals surface area contributed by atoms with Crippen molar-refractivity contribution in [2.75, 3.05) is 19.8 Å². The van der Waals surface area contributed by atoms with Gasteiger partial charge in [-0.3, -0.25) is 13.8 Å². The number of nitrogens with two attached hydrogens (primary N) is 1. The molecule has 5 N–H and O–H groups in total. The lowest BCUT2D eigenvalue weighted by atomic mass is 10.1. The van der Waals surface area contributed by atoms with Gasteiger partial charge >= 0.3 is 7.82 Å². The third-order valence-corrected chi connectivity index (χ3v) is 8.86. The molecule has 9 heteroatoms. The Bertz CT molecular complexity index is 876. The molecule has 47 heavy (non-hydrogen) atoms. The second-order valence-corrected chi connectivity index (χ2v) is 13.9. The number of phosphoric acid groups is 1. The van der Waals surface area contributed by atoms with E-state index in [1.807, 2.05) is 6.08 Å². The summed E-state index contributed by atoms with van der Waals surface area (Å²) in [4.78, 5) is 22.6. The van der Waals surface area contributed by atoms with Crippen LogP contribution in [0.1, 0.15) is 155 Å². The molecule has 0 aliphatic rings. The number of carbonyl (C=O) groups is 1. The van der Waals surface area contributed by atoms with Crippen LogP contribution in [0.3, 0.4) is 0 Å². The van der Waals surface area contributed by atoms with Crippen LogP contribution < -0.4 is 11.1 Å². The molecule has 0 aromatic heterocycles. The molecule has 0 heterocycles. The maximum atomic E-state index is 12.7. The van der Waals surface area contributed by atoms with E-state index < -0.39 is 20.0 Å². The Balaban J connectivity index is 4.41. The maximum Gasteiger partial charge on any atom is 0.472 e. The van der Waals surface area contributed by atoms with Gasteiger partial charge in [0.1, 0.15) is 0 Å². The van der Waals surface area contributed by atoms with Crippen LogP contribution in [0.4, 0.5) is 0 Å². The van der Waals surface area contributed by atoms with E-state index in [-0.39, 0.29) is 25.7 Å². The van der Waals surface area contributed by atoms with Gasteiger partial charge in [-0.05, 0) is 64.2 Å². The molecule has 0 saturated carbocycles. The zero-order chi connectivity index (χ0) is 34.7. The maximum absolute atomic E-state index is 12.7. The highest BCUT2D eigenvalue weighted by Gasteiger charge is 2.26. The number of rotatable bonds is 34. The lowest BCUT2D eigenvalue weighted by molar-refractivity contribution is -0.123. The summed E-state index contributed by atoms with van der Waals surface area (Å²) in [6.45, 7) is 4.04. The molecule has 0 radical (unpaired) electrons. The van der Waals surface area contributed by atoms with Crippen molar-refractivity contribution in [3.05, 3.63) is 48.6 Å². The summed E-state index contributed by atoms with van der Waals surface area (Å²) in [5.41, 5.74) is 5.35. The highest BCUT2D eigenvalue weighted by molar-refractivity contribution is 7.47. The van der Waals surface area contributed by atoms with Crippen molar-refractivity contribution in [1.29, 1.82) is 0 Å². The second kappa shape index (κ2) is 34.3. The van der Waals surface area contributed by atoms with Crippen molar-refractivity contribution in [3.63, 3.8) is 0 Å². The topological polar surface area (TPSA) is 131 Å². The van der Waals surface area contributed by atoms with Gasteiger partial charge in [0, 0.05) is 13.0 Å². The molecule has 3 unspecified atom stereocenters. The Morgan fingerprint density at radius 1 is 0.702 bits per heavy atom. The average Bonchev–Trinajstić information content (AvgIpc) is 3.05. The van der Waals surface area contributed by atoms with E-state index in [2.05, 4.69) is 55.6 Å². The van der Waals surface area contributed by atoms with Gasteiger partial charge < -0.3 is 21.1 Å². The minimum atomic E-state index is -4.34. The number of nitrogens with one attached hydrogen (secondary N) is 1. The first kappa shape index (κ1) is 45.5. The molecule has 0 saturated heterocycles. The Morgan fingerprint density at radius 3 is 1.81 bits per heavy atom. The van der Waals surface area contributed by atoms with Crippen molar-refractivity contribution in [2.45, 2.75) is 167 Å². The number of phosphoric ester groups is 1. The van der Waals surface area contributed by atoms with Crippen molar-refractivity contribution < 1.29 is 28.4 Å². The largest absolute Gasteiger partial charge is 0.472 e. The summed E-state index contributed by atoms with van der Waals surface area (Å²) in [7, 11) is -4.34. The van der Waals surface area contributed by atoms with Crippen LogP contribution >= 0.6 is 7.82 Å². The normalized spacial score (nSPS) is 14.9. The number of allylic oxidation sites excluding steroid dienone is 7. The predicted molar refractivity (Wildman–Crippen MR) is 198 cm³/mol. The van der Waals surface area contributed by atoms with Crippen molar-refractivity contribution in [3.8, 4) is 0 Å². The van der Waals surface area contributed by atoms with Crippen LogP contribution in [0.25, 0.3) is 0 Å². The van der Waals surface area contributed by atoms with E-state index in [4.69, 9.17) is 14.8 Å². The highest BCUT2D eigenvalue weighted by Crippen LogP contribution is 2.43. The van der Waals surface area contributed by atoms with Gasteiger partial charge in [-0.2, -0.15) is 0 Å². The quantitative estimate of drug-likeness (QED) is 0.0302. The Labute approximate surface area is 288 Å². The minimum Gasteiger partial charge on any atom is -0.387 e. The fourth-order valence-corrected chi connectivity index (χ4v) is 5.76. The number of hydrogen-bond donors (Lipinski definition) is 4. The number of amides is 1. The van der Waals surface area contributed by atoms with E-state index in [0.29, 0.717) is 6.42 Å². The first-order valence-corrected chi connectivity index (χ1v) is 20.3. The summed E-state index contributed by atoms with van der Waals surface area (Å²) in [5, 5.41) is 13.6. The van der Waals surface area contributed by atoms with E-state index in [1.165, 1.54) is 70.6 Å². The lowest BCUT2D eigenvalue weighted by Gasteiger charge is -2.23. The summed E-state index contributed by atoms with van der Waals surface area (Å²) >= 11 is 0. The number of carbonyl (C=O) groups excluding carboxylic acids is 1. The Hall–Kier alpha value is -1.54. The SMILES string of the molecule is CCCCC/C=C\C/C=C\CCCCCCCC(=O)NC(COP(=O)(O)OCCN)C(O)/C=C/CC/C=C/CCCCCCCCC. The van der Waals surface area contributed by atoms with Gasteiger partial charge in [0.15, 0.2) is 0 Å². The summed E-state index contributed by atoms with van der Waals surface area (Å²) in [6, 6.07) is -0.883. The van der Waals surface area contributed by atoms with Crippen LogP contribution in [-0.4, -0.2) is 47.8 Å². The zero-order valence-electron chi connectivity index (χ0n) is 30.0. The van der Waals surface area contributed by atoms with Crippen molar-refractivity contribution in [1.82, 2.24) is 5.32 Å². The Morgan fingerprint density at radius 2 is 1.19 bits per heavy atom. The van der Waals surface area contributed by atoms with Gasteiger partial charge in [-0.1, -0.05) is 133 Å². The fraction of sp³-hybridized carbons (Fsp3) is 0.763. The summed E-state index contributed by atoms with van der Waals surface area (Å²) < 4.78 is 22.0. The predicted octanol–water partition coefficient (Wildman–Crippen LogP) is 9.77. The third-order valence-electron chi connectivity index (χ3n) is 7.88. The van der Waals surface area contributed by atoms with Crippen molar-refractivity contribution in [2.24, 2.45) is 5.73 Å². The van der Waals surface area contributed by atoms with Gasteiger partial charge in [-0.25, -0.2) is 4.57 Å². The Kier molecular flexibility index (Phi) is 33.2. The molecule has 0 aliphatic heterocycles. The zero-order valence-corrected chi connectivity index (χ0v) is 30.9. The average molecular weight is 683 g/mol. The van der Waals surface area contributed by atoms with Gasteiger partial charge in [0.2, 0.25) is 5.91 Å². The molecule has 274 valence electrons. The second-order valence-electron chi connectivity index (χ2n) is 12.4. The van der Waals surface area contributed by atoms with Crippen LogP contribution in [0.5, 0.6) is 0 Å². The molecule has 3 atom stereocenters. The highest BCUT2D eigenvalue weighted by atomic mass is 31.2. The van der Waals surface area contributed by atoms with E-state index in [9.17, 15) is 19.4 Å². The standard InChI is InChI=1S/C38H71N2O6P/c1-3-5-7-9-11-13-15-17-18-20-22-24-26-28-30-32-38(42)40-36(35-46-47(43,44)45-34-33-39)37(41)31-29-27-25-23-21-19-16-14-12-10-8-6-4-2/h11,13,17-18,21,23,29,31,36-37,41H,3-10,12,14-16,19-20,22,24-28,30,32-35,39H2,1-2H3,(H,40,42)(H,43,44)/b13-11-,18-17-,23-21+,31-29+. The molecule has 0 aromatic rings. The van der Waals surface area contributed by atoms with Crippen LogP contribution in [0, 0.1) is 0 Å². The first-order chi connectivity index (χ1) is 22.9. The van der Waals surface area contributed by atoms with E-state index in [1.54, 1.807) is 6.08 Å². The fourth-order valence-electron chi connectivity index (χ4n) is 5.00. The molecule has 0 fully saturated rings. The number of hydrogen-bond acceptors (Lipinski definition) is 6.